The molecule has 4 atom stereocenters. The third kappa shape index (κ3) is 12.6. The number of nitrogens with one attached hydrogen (secondary N) is 2. The average Bonchev–Trinajstić information content (AvgIpc) is 3.40. The first-order valence-corrected chi connectivity index (χ1v) is 13.3. The van der Waals surface area contributed by atoms with Crippen LogP contribution in [0.4, 0.5) is 5.13 Å². The van der Waals surface area contributed by atoms with Crippen LogP contribution in [0.5, 0.6) is 0 Å². The molecule has 232 valence electrons. The molecule has 0 bridgehead atoms. The van der Waals surface area contributed by atoms with Crippen molar-refractivity contribution >= 4 is 58.4 Å². The molecule has 0 aliphatic rings. The molecule has 0 radical (unpaired) electrons. The Bertz CT molecular complexity index is 1320. The number of anilines is 1. The maximum absolute atomic E-state index is 12.4. The van der Waals surface area contributed by atoms with Gasteiger partial charge in [0.1, 0.15) is 6.61 Å². The van der Waals surface area contributed by atoms with Crippen LogP contribution in [0, 0.1) is 0 Å². The lowest BCUT2D eigenvalue weighted by Gasteiger charge is -2.34. The number of carbonyl (C=O) groups excluding carboxylic acids is 6. The lowest BCUT2D eigenvalue weighted by molar-refractivity contribution is -0.197. The third-order valence-electron chi connectivity index (χ3n) is 4.83. The number of hydrogen-bond acceptors (Lipinski definition) is 17. The van der Waals surface area contributed by atoms with Gasteiger partial charge in [0, 0.05) is 52.6 Å². The van der Waals surface area contributed by atoms with Crippen molar-refractivity contribution in [1.29, 1.82) is 0 Å². The molecule has 0 spiro atoms. The molecular weight excluding hydrogens is 592 g/mol. The number of hydrogen-bond donors (Lipinski definition) is 2. The van der Waals surface area contributed by atoms with Crippen molar-refractivity contribution in [3.8, 4) is 10.6 Å². The monoisotopic (exact) mass is 622 g/mol. The van der Waals surface area contributed by atoms with Crippen LogP contribution in [-0.4, -0.2) is 94.7 Å². The Morgan fingerprint density at radius 1 is 0.884 bits per heavy atom. The predicted octanol–water partition coefficient (Wildman–Crippen LogP) is 0.404. The van der Waals surface area contributed by atoms with E-state index in [4.69, 9.17) is 23.7 Å². The summed E-state index contributed by atoms with van der Waals surface area (Å²) in [6.45, 7) is 4.33. The molecule has 0 aromatic carbocycles. The molecule has 0 saturated heterocycles. The number of ether oxygens (including phenoxy) is 5. The molecule has 18 heteroatoms. The Morgan fingerprint density at radius 3 is 2.12 bits per heavy atom. The lowest BCUT2D eigenvalue weighted by atomic mass is 10.0. The smallest absolute Gasteiger partial charge is 0.303 e. The van der Waals surface area contributed by atoms with Crippen molar-refractivity contribution in [3.05, 3.63) is 24.5 Å². The van der Waals surface area contributed by atoms with Crippen molar-refractivity contribution in [1.82, 2.24) is 20.6 Å². The van der Waals surface area contributed by atoms with Gasteiger partial charge in [0.05, 0.1) is 12.8 Å². The van der Waals surface area contributed by atoms with E-state index in [-0.39, 0.29) is 6.54 Å². The molecule has 2 aromatic heterocycles. The molecule has 0 aliphatic carbocycles. The molecule has 17 nitrogen and oxygen atoms in total. The highest BCUT2D eigenvalue weighted by molar-refractivity contribution is 7.18. The maximum Gasteiger partial charge on any atom is 0.303 e. The standard InChI is InChI=1S/C25H30N6O11S/c1-13(32)38-12-20(40-15(3)34)23(42-17(5)36)22(41-16(4)35)19(39-14(2)33)10-28-29-21(37)11-27-25-31-30-24(43-25)18-7-6-8-26-9-18/h6-10,19-20,22-23H,11-12H2,1-5H3,(H,27,31)(H,29,37)/t19-,20-,22-,23-/m1/s1. The average molecular weight is 623 g/mol. The van der Waals surface area contributed by atoms with Crippen LogP contribution in [0.1, 0.15) is 34.6 Å². The largest absolute Gasteiger partial charge is 0.462 e. The molecule has 0 saturated carbocycles. The Kier molecular flexibility index (Phi) is 13.6. The quantitative estimate of drug-likeness (QED) is 0.119. The van der Waals surface area contributed by atoms with Crippen molar-refractivity contribution in [2.24, 2.45) is 5.10 Å². The summed E-state index contributed by atoms with van der Waals surface area (Å²) < 4.78 is 25.9. The highest BCUT2D eigenvalue weighted by Crippen LogP contribution is 2.25. The van der Waals surface area contributed by atoms with E-state index in [1.165, 1.54) is 11.3 Å². The normalized spacial score (nSPS) is 13.5. The number of amides is 1. The molecule has 2 N–H and O–H groups in total. The molecule has 1 amide bonds. The van der Waals surface area contributed by atoms with E-state index in [0.717, 1.165) is 46.4 Å². The summed E-state index contributed by atoms with van der Waals surface area (Å²) in [5.41, 5.74) is 2.95. The topological polar surface area (TPSA) is 224 Å². The van der Waals surface area contributed by atoms with E-state index < -0.39 is 66.8 Å². The van der Waals surface area contributed by atoms with E-state index in [2.05, 4.69) is 31.0 Å². The van der Waals surface area contributed by atoms with Crippen molar-refractivity contribution in [2.75, 3.05) is 18.5 Å². The Morgan fingerprint density at radius 2 is 1.53 bits per heavy atom. The predicted molar refractivity (Wildman–Crippen MR) is 147 cm³/mol. The van der Waals surface area contributed by atoms with Gasteiger partial charge in [-0.05, 0) is 12.1 Å². The van der Waals surface area contributed by atoms with Crippen LogP contribution in [0.2, 0.25) is 0 Å². The Balaban J connectivity index is 2.22. The van der Waals surface area contributed by atoms with Gasteiger partial charge in [-0.15, -0.1) is 10.2 Å². The van der Waals surface area contributed by atoms with Crippen LogP contribution < -0.4 is 10.7 Å². The number of aromatic nitrogens is 3. The summed E-state index contributed by atoms with van der Waals surface area (Å²) in [5.74, 6) is -4.92. The van der Waals surface area contributed by atoms with Crippen molar-refractivity contribution < 1.29 is 52.5 Å². The molecular formula is C25H30N6O11S. The number of rotatable bonds is 15. The van der Waals surface area contributed by atoms with E-state index in [9.17, 15) is 28.8 Å². The second kappa shape index (κ2) is 17.1. The first-order valence-electron chi connectivity index (χ1n) is 12.5. The van der Waals surface area contributed by atoms with Crippen molar-refractivity contribution in [3.63, 3.8) is 0 Å². The third-order valence-corrected chi connectivity index (χ3v) is 5.76. The minimum absolute atomic E-state index is 0.280. The first-order chi connectivity index (χ1) is 20.3. The highest BCUT2D eigenvalue weighted by Gasteiger charge is 2.43. The Labute approximate surface area is 249 Å². The molecule has 2 aromatic rings. The van der Waals surface area contributed by atoms with Gasteiger partial charge in [-0.1, -0.05) is 11.3 Å². The van der Waals surface area contributed by atoms with Gasteiger partial charge < -0.3 is 29.0 Å². The van der Waals surface area contributed by atoms with E-state index >= 15 is 0 Å². The van der Waals surface area contributed by atoms with Crippen LogP contribution >= 0.6 is 11.3 Å². The van der Waals surface area contributed by atoms with Gasteiger partial charge in [-0.25, -0.2) is 5.43 Å². The van der Waals surface area contributed by atoms with Gasteiger partial charge >= 0.3 is 29.8 Å². The second-order valence-corrected chi connectivity index (χ2v) is 9.47. The first kappa shape index (κ1) is 34.2. The lowest BCUT2D eigenvalue weighted by Crippen LogP contribution is -2.53. The maximum atomic E-state index is 12.4. The molecule has 2 heterocycles. The summed E-state index contributed by atoms with van der Waals surface area (Å²) in [5, 5.41) is 15.5. The van der Waals surface area contributed by atoms with Gasteiger partial charge in [0.25, 0.3) is 5.91 Å². The molecule has 0 aliphatic heterocycles. The van der Waals surface area contributed by atoms with Crippen molar-refractivity contribution in [2.45, 2.75) is 59.0 Å². The van der Waals surface area contributed by atoms with E-state index in [1.54, 1.807) is 24.5 Å². The summed E-state index contributed by atoms with van der Waals surface area (Å²) in [7, 11) is 0. The fourth-order valence-corrected chi connectivity index (χ4v) is 4.05. The molecule has 0 unspecified atom stereocenters. The van der Waals surface area contributed by atoms with Crippen LogP contribution in [0.25, 0.3) is 10.6 Å². The van der Waals surface area contributed by atoms with Gasteiger partial charge in [0.2, 0.25) is 5.13 Å². The zero-order valence-corrected chi connectivity index (χ0v) is 24.6. The zero-order valence-electron chi connectivity index (χ0n) is 23.8. The van der Waals surface area contributed by atoms with Crippen LogP contribution in [0.3, 0.4) is 0 Å². The minimum atomic E-state index is -1.67. The van der Waals surface area contributed by atoms with Gasteiger partial charge in [-0.3, -0.25) is 33.8 Å². The van der Waals surface area contributed by atoms with Gasteiger partial charge in [-0.2, -0.15) is 5.10 Å². The zero-order chi connectivity index (χ0) is 31.9. The number of carbonyl (C=O) groups is 6. The van der Waals surface area contributed by atoms with E-state index in [0.29, 0.717) is 10.1 Å². The molecule has 2 rings (SSSR count). The fourth-order valence-electron chi connectivity index (χ4n) is 3.32. The number of pyridine rings is 1. The fraction of sp³-hybridized carbons (Fsp3) is 0.440. The molecule has 43 heavy (non-hydrogen) atoms. The molecule has 0 fully saturated rings. The second-order valence-electron chi connectivity index (χ2n) is 8.49. The number of nitrogens with zero attached hydrogens (tertiary/aromatic N) is 4. The number of esters is 5. The summed E-state index contributed by atoms with van der Waals surface area (Å²) in [4.78, 5) is 75.5. The summed E-state index contributed by atoms with van der Waals surface area (Å²) in [6.07, 6.45) is -2.26. The number of hydrazone groups is 1. The van der Waals surface area contributed by atoms with Crippen LogP contribution in [-0.2, 0) is 52.5 Å². The minimum Gasteiger partial charge on any atom is -0.462 e. The summed E-state index contributed by atoms with van der Waals surface area (Å²) >= 11 is 1.19. The Hall–Kier alpha value is -5.00. The highest BCUT2D eigenvalue weighted by atomic mass is 32.1. The summed E-state index contributed by atoms with van der Waals surface area (Å²) in [6, 6.07) is 3.55. The van der Waals surface area contributed by atoms with Crippen LogP contribution in [0.15, 0.2) is 29.6 Å². The van der Waals surface area contributed by atoms with E-state index in [1.807, 2.05) is 0 Å². The van der Waals surface area contributed by atoms with Gasteiger partial charge in [0.15, 0.2) is 29.4 Å². The SMILES string of the molecule is CC(=O)OC[C@@H](OC(C)=O)[C@@H](OC(C)=O)[C@H](OC(C)=O)[C@@H](C=NNC(=O)CNc1nnc(-c2cccnc2)s1)OC(C)=O.